The van der Waals surface area contributed by atoms with Crippen LogP contribution in [0.1, 0.15) is 11.1 Å². The van der Waals surface area contributed by atoms with Crippen LogP contribution < -0.4 is 5.32 Å². The predicted molar refractivity (Wildman–Crippen MR) is 141 cm³/mol. The zero-order chi connectivity index (χ0) is 24.7. The van der Waals surface area contributed by atoms with E-state index in [1.807, 2.05) is 56.9 Å². The molecule has 0 fully saturated rings. The number of nitrogens with zero attached hydrogens (tertiary/aromatic N) is 2. The van der Waals surface area contributed by atoms with Gasteiger partial charge < -0.3 is 19.2 Å². The SMILES string of the molecule is COC(CN(C)C)Cn1cc(C2=C(c3c[nH]c4ccccc34)C(=O)NC2=O)c2ccc(SC)cc21. The Morgan fingerprint density at radius 3 is 2.49 bits per heavy atom. The van der Waals surface area contributed by atoms with Crippen LogP contribution in [0.3, 0.4) is 0 Å². The summed E-state index contributed by atoms with van der Waals surface area (Å²) in [5.74, 6) is -0.751. The van der Waals surface area contributed by atoms with E-state index < -0.39 is 0 Å². The molecule has 35 heavy (non-hydrogen) atoms. The second-order valence-electron chi connectivity index (χ2n) is 8.98. The summed E-state index contributed by atoms with van der Waals surface area (Å²) in [5, 5.41) is 4.37. The summed E-state index contributed by atoms with van der Waals surface area (Å²) in [6, 6.07) is 14.0. The fourth-order valence-corrected chi connectivity index (χ4v) is 5.26. The predicted octanol–water partition coefficient (Wildman–Crippen LogP) is 3.99. The molecule has 0 bridgehead atoms. The molecule has 0 aliphatic carbocycles. The molecule has 0 saturated carbocycles. The fourth-order valence-electron chi connectivity index (χ4n) is 4.83. The summed E-state index contributed by atoms with van der Waals surface area (Å²) < 4.78 is 7.89. The molecule has 2 aromatic carbocycles. The van der Waals surface area contributed by atoms with Crippen LogP contribution in [0.5, 0.6) is 0 Å². The van der Waals surface area contributed by atoms with Crippen molar-refractivity contribution in [1.29, 1.82) is 0 Å². The summed E-state index contributed by atoms with van der Waals surface area (Å²) >= 11 is 1.67. The van der Waals surface area contributed by atoms with Gasteiger partial charge in [0.15, 0.2) is 0 Å². The average Bonchev–Trinajstić information content (AvgIpc) is 3.50. The molecule has 1 aliphatic rings. The van der Waals surface area contributed by atoms with Crippen molar-refractivity contribution in [2.24, 2.45) is 0 Å². The van der Waals surface area contributed by atoms with Gasteiger partial charge in [-0.1, -0.05) is 24.3 Å². The number of methoxy groups -OCH3 is 1. The maximum absolute atomic E-state index is 13.2. The van der Waals surface area contributed by atoms with E-state index >= 15 is 0 Å². The number of ether oxygens (including phenoxy) is 1. The minimum atomic E-state index is -0.376. The number of imide groups is 1. The van der Waals surface area contributed by atoms with Crippen LogP contribution in [0, 0.1) is 0 Å². The van der Waals surface area contributed by atoms with Crippen molar-refractivity contribution in [2.45, 2.75) is 17.5 Å². The molecule has 1 aliphatic heterocycles. The summed E-state index contributed by atoms with van der Waals surface area (Å²) in [6.07, 6.45) is 5.80. The highest BCUT2D eigenvalue weighted by Crippen LogP contribution is 2.39. The molecule has 1 atom stereocenters. The number of benzene rings is 2. The second-order valence-corrected chi connectivity index (χ2v) is 9.86. The van der Waals surface area contributed by atoms with Crippen LogP contribution in [0.4, 0.5) is 0 Å². The summed E-state index contributed by atoms with van der Waals surface area (Å²) in [6.45, 7) is 1.38. The lowest BCUT2D eigenvalue weighted by molar-refractivity contribution is -0.122. The molecule has 8 heteroatoms. The zero-order valence-electron chi connectivity index (χ0n) is 20.2. The summed E-state index contributed by atoms with van der Waals surface area (Å²) in [4.78, 5) is 32.7. The molecule has 1 unspecified atom stereocenters. The van der Waals surface area contributed by atoms with Gasteiger partial charge in [0.05, 0.1) is 23.8 Å². The van der Waals surface area contributed by atoms with E-state index in [0.717, 1.165) is 44.4 Å². The number of H-pyrrole nitrogens is 1. The van der Waals surface area contributed by atoms with Gasteiger partial charge >= 0.3 is 0 Å². The number of hydrogen-bond donors (Lipinski definition) is 2. The van der Waals surface area contributed by atoms with Gasteiger partial charge in [0.25, 0.3) is 11.8 Å². The van der Waals surface area contributed by atoms with Crippen molar-refractivity contribution in [1.82, 2.24) is 19.8 Å². The van der Waals surface area contributed by atoms with Gasteiger partial charge in [-0.15, -0.1) is 11.8 Å². The number of aromatic nitrogens is 2. The molecule has 0 spiro atoms. The maximum atomic E-state index is 13.2. The highest BCUT2D eigenvalue weighted by atomic mass is 32.2. The van der Waals surface area contributed by atoms with Gasteiger partial charge in [0, 0.05) is 63.9 Å². The Kier molecular flexibility index (Phi) is 6.27. The number of nitrogens with one attached hydrogen (secondary N) is 2. The molecule has 2 N–H and O–H groups in total. The Balaban J connectivity index is 1.73. The lowest BCUT2D eigenvalue weighted by atomic mass is 9.95. The molecule has 3 heterocycles. The molecule has 2 aromatic heterocycles. The third kappa shape index (κ3) is 4.18. The number of para-hydroxylation sites is 1. The smallest absolute Gasteiger partial charge is 0.259 e. The number of carbonyl (C=O) groups excluding carboxylic acids is 2. The quantitative estimate of drug-likeness (QED) is 0.290. The highest BCUT2D eigenvalue weighted by molar-refractivity contribution is 7.98. The lowest BCUT2D eigenvalue weighted by Gasteiger charge is -2.20. The number of rotatable bonds is 8. The standard InChI is InChI=1S/C27H28N4O3S/c1-30(2)13-16(34-3)14-31-15-21(19-10-9-17(35-4)11-23(19)31)25-24(26(32)29-27(25)33)20-12-28-22-8-6-5-7-18(20)22/h5-12,15-16,28H,13-14H2,1-4H3,(H,29,32,33). The Morgan fingerprint density at radius 1 is 1.03 bits per heavy atom. The van der Waals surface area contributed by atoms with Crippen LogP contribution in [-0.4, -0.2) is 66.4 Å². The number of carbonyl (C=O) groups is 2. The van der Waals surface area contributed by atoms with Crippen LogP contribution in [0.2, 0.25) is 0 Å². The summed E-state index contributed by atoms with van der Waals surface area (Å²) in [7, 11) is 5.75. The molecule has 0 saturated heterocycles. The van der Waals surface area contributed by atoms with E-state index in [1.54, 1.807) is 25.1 Å². The van der Waals surface area contributed by atoms with Crippen molar-refractivity contribution < 1.29 is 14.3 Å². The molecule has 180 valence electrons. The second kappa shape index (κ2) is 9.37. The Labute approximate surface area is 208 Å². The van der Waals surface area contributed by atoms with E-state index in [2.05, 4.69) is 31.9 Å². The van der Waals surface area contributed by atoms with Gasteiger partial charge in [0.1, 0.15) is 0 Å². The number of hydrogen-bond acceptors (Lipinski definition) is 5. The van der Waals surface area contributed by atoms with E-state index in [-0.39, 0.29) is 17.9 Å². The Hall–Kier alpha value is -3.33. The molecular formula is C27H28N4O3S. The first-order valence-electron chi connectivity index (χ1n) is 11.4. The number of aromatic amines is 1. The fraction of sp³-hybridized carbons (Fsp3) is 0.259. The topological polar surface area (TPSA) is 79.4 Å². The summed E-state index contributed by atoms with van der Waals surface area (Å²) in [5.41, 5.74) is 4.20. The maximum Gasteiger partial charge on any atom is 0.259 e. The van der Waals surface area contributed by atoms with Gasteiger partial charge in [-0.25, -0.2) is 0 Å². The van der Waals surface area contributed by atoms with E-state index in [1.165, 1.54) is 0 Å². The number of amides is 2. The third-order valence-electron chi connectivity index (χ3n) is 6.45. The van der Waals surface area contributed by atoms with Crippen LogP contribution >= 0.6 is 11.8 Å². The largest absolute Gasteiger partial charge is 0.378 e. The normalized spacial score (nSPS) is 15.1. The van der Waals surface area contributed by atoms with E-state index in [0.29, 0.717) is 17.7 Å². The van der Waals surface area contributed by atoms with Crippen molar-refractivity contribution in [2.75, 3.05) is 34.0 Å². The van der Waals surface area contributed by atoms with Crippen molar-refractivity contribution in [3.8, 4) is 0 Å². The highest BCUT2D eigenvalue weighted by Gasteiger charge is 2.35. The van der Waals surface area contributed by atoms with Gasteiger partial charge in [0.2, 0.25) is 0 Å². The minimum absolute atomic E-state index is 0.0347. The zero-order valence-corrected chi connectivity index (χ0v) is 21.0. The Bertz CT molecular complexity index is 1480. The van der Waals surface area contributed by atoms with Gasteiger partial charge in [-0.2, -0.15) is 0 Å². The third-order valence-corrected chi connectivity index (χ3v) is 7.18. The van der Waals surface area contributed by atoms with Crippen LogP contribution in [0.15, 0.2) is 59.8 Å². The van der Waals surface area contributed by atoms with Crippen molar-refractivity contribution in [3.05, 3.63) is 66.0 Å². The molecule has 5 rings (SSSR count). The first-order chi connectivity index (χ1) is 16.9. The van der Waals surface area contributed by atoms with E-state index in [4.69, 9.17) is 4.74 Å². The van der Waals surface area contributed by atoms with Gasteiger partial charge in [-0.3, -0.25) is 14.9 Å². The van der Waals surface area contributed by atoms with Crippen LogP contribution in [-0.2, 0) is 20.9 Å². The van der Waals surface area contributed by atoms with Crippen LogP contribution in [0.25, 0.3) is 33.0 Å². The first-order valence-corrected chi connectivity index (χ1v) is 12.6. The van der Waals surface area contributed by atoms with E-state index in [9.17, 15) is 9.59 Å². The molecule has 7 nitrogen and oxygen atoms in total. The van der Waals surface area contributed by atoms with Gasteiger partial charge in [-0.05, 0) is 38.6 Å². The lowest BCUT2D eigenvalue weighted by Crippen LogP contribution is -2.31. The number of fused-ring (bicyclic) bond motifs is 2. The number of thioether (sulfide) groups is 1. The minimum Gasteiger partial charge on any atom is -0.378 e. The molecule has 4 aromatic rings. The van der Waals surface area contributed by atoms with Crippen molar-refractivity contribution >= 4 is 56.5 Å². The Morgan fingerprint density at radius 2 is 1.77 bits per heavy atom. The molecule has 2 amide bonds. The average molecular weight is 489 g/mol. The first kappa shape index (κ1) is 23.4. The monoisotopic (exact) mass is 488 g/mol. The number of likely N-dealkylation sites (N-methyl/N-ethyl adjacent to an activating group) is 1. The van der Waals surface area contributed by atoms with Crippen molar-refractivity contribution in [3.63, 3.8) is 0 Å². The molecular weight excluding hydrogens is 460 g/mol. The molecule has 0 radical (unpaired) electrons.